The maximum absolute atomic E-state index is 12.0. The third kappa shape index (κ3) is 4.80. The van der Waals surface area contributed by atoms with E-state index in [1.807, 2.05) is 36.4 Å². The molecule has 0 aliphatic carbocycles. The number of benzene rings is 2. The molecule has 0 bridgehead atoms. The van der Waals surface area contributed by atoms with Crippen LogP contribution in [0.15, 0.2) is 60.8 Å². The maximum Gasteiger partial charge on any atom is 0.251 e. The lowest BCUT2D eigenvalue weighted by Gasteiger charge is -2.08. The monoisotopic (exact) mass is 455 g/mol. The Hall–Kier alpha value is -3.13. The van der Waals surface area contributed by atoms with E-state index in [4.69, 9.17) is 28.3 Å². The van der Waals surface area contributed by atoms with Gasteiger partial charge in [0.05, 0.1) is 28.5 Å². The van der Waals surface area contributed by atoms with Gasteiger partial charge in [0.2, 0.25) is 0 Å². The number of carbonyl (C=O) groups is 1. The van der Waals surface area contributed by atoms with Gasteiger partial charge in [-0.25, -0.2) is 9.50 Å². The number of hydrogen-bond donors (Lipinski definition) is 3. The van der Waals surface area contributed by atoms with Gasteiger partial charge in [-0.15, -0.1) is 5.10 Å². The highest BCUT2D eigenvalue weighted by molar-refractivity contribution is 6.42. The number of aromatic nitrogens is 3. The van der Waals surface area contributed by atoms with E-state index in [1.165, 1.54) is 0 Å². The summed E-state index contributed by atoms with van der Waals surface area (Å²) in [7, 11) is 0. The van der Waals surface area contributed by atoms with Gasteiger partial charge >= 0.3 is 0 Å². The summed E-state index contributed by atoms with van der Waals surface area (Å²) in [5, 5.41) is 20.4. The number of hydrogen-bond acceptors (Lipinski definition) is 5. The smallest absolute Gasteiger partial charge is 0.251 e. The summed E-state index contributed by atoms with van der Waals surface area (Å²) < 4.78 is 1.75. The Morgan fingerprint density at radius 3 is 2.58 bits per heavy atom. The number of carbonyl (C=O) groups excluding carboxylic acids is 1. The molecular formula is C22H19Cl2N5O2. The molecule has 0 aliphatic heterocycles. The molecule has 1 amide bonds. The molecule has 0 aliphatic rings. The molecule has 0 fully saturated rings. The molecule has 3 N–H and O–H groups in total. The Balaban J connectivity index is 1.54. The molecular weight excluding hydrogens is 437 g/mol. The van der Waals surface area contributed by atoms with Gasteiger partial charge in [0.15, 0.2) is 5.65 Å². The number of amides is 1. The van der Waals surface area contributed by atoms with E-state index in [-0.39, 0.29) is 19.1 Å². The molecule has 2 heterocycles. The van der Waals surface area contributed by atoms with Crippen LogP contribution in [0.3, 0.4) is 0 Å². The molecule has 4 rings (SSSR count). The zero-order valence-electron chi connectivity index (χ0n) is 16.3. The Labute approximate surface area is 188 Å². The van der Waals surface area contributed by atoms with E-state index in [0.717, 1.165) is 16.8 Å². The molecule has 0 atom stereocenters. The van der Waals surface area contributed by atoms with Crippen molar-refractivity contribution in [3.8, 4) is 11.3 Å². The fourth-order valence-electron chi connectivity index (χ4n) is 3.07. The van der Waals surface area contributed by atoms with Crippen molar-refractivity contribution in [1.29, 1.82) is 0 Å². The Morgan fingerprint density at radius 1 is 1.03 bits per heavy atom. The van der Waals surface area contributed by atoms with Crippen LogP contribution in [0.5, 0.6) is 0 Å². The molecule has 0 radical (unpaired) electrons. The fourth-order valence-corrected chi connectivity index (χ4v) is 3.39. The minimum atomic E-state index is -0.231. The van der Waals surface area contributed by atoms with Gasteiger partial charge in [0.1, 0.15) is 5.82 Å². The maximum atomic E-state index is 12.0. The number of imidazole rings is 1. The number of rotatable bonds is 7. The van der Waals surface area contributed by atoms with Crippen molar-refractivity contribution in [3.05, 3.63) is 82.0 Å². The molecule has 31 heavy (non-hydrogen) atoms. The highest BCUT2D eigenvalue weighted by Gasteiger charge is 2.10. The highest BCUT2D eigenvalue weighted by Crippen LogP contribution is 2.24. The molecule has 2 aromatic carbocycles. The molecule has 4 aromatic rings. The van der Waals surface area contributed by atoms with Crippen molar-refractivity contribution in [1.82, 2.24) is 19.9 Å². The number of aliphatic hydroxyl groups is 1. The van der Waals surface area contributed by atoms with Gasteiger partial charge in [-0.1, -0.05) is 41.4 Å². The number of anilines is 1. The van der Waals surface area contributed by atoms with E-state index < -0.39 is 0 Å². The lowest BCUT2D eigenvalue weighted by molar-refractivity contribution is 0.0945. The molecule has 158 valence electrons. The van der Waals surface area contributed by atoms with Crippen LogP contribution >= 0.6 is 23.2 Å². The molecule has 7 nitrogen and oxygen atoms in total. The number of nitrogens with zero attached hydrogens (tertiary/aromatic N) is 3. The van der Waals surface area contributed by atoms with Crippen molar-refractivity contribution in [2.24, 2.45) is 0 Å². The van der Waals surface area contributed by atoms with Crippen LogP contribution in [-0.4, -0.2) is 38.8 Å². The van der Waals surface area contributed by atoms with Crippen molar-refractivity contribution in [2.75, 3.05) is 18.5 Å². The number of nitrogens with one attached hydrogen (secondary N) is 2. The molecule has 0 saturated heterocycles. The quantitative estimate of drug-likeness (QED) is 0.391. The molecule has 9 heteroatoms. The van der Waals surface area contributed by atoms with E-state index >= 15 is 0 Å². The number of aliphatic hydroxyl groups excluding tert-OH is 1. The van der Waals surface area contributed by atoms with Crippen LogP contribution in [0.25, 0.3) is 16.9 Å². The first kappa shape index (κ1) is 21.1. The summed E-state index contributed by atoms with van der Waals surface area (Å²) >= 11 is 12.0. The van der Waals surface area contributed by atoms with Gasteiger partial charge in [0, 0.05) is 24.2 Å². The van der Waals surface area contributed by atoms with E-state index in [9.17, 15) is 4.79 Å². The van der Waals surface area contributed by atoms with Crippen LogP contribution in [0, 0.1) is 0 Å². The third-order valence-electron chi connectivity index (χ3n) is 4.66. The predicted molar refractivity (Wildman–Crippen MR) is 122 cm³/mol. The number of halogens is 2. The largest absolute Gasteiger partial charge is 0.395 e. The Bertz CT molecular complexity index is 1220. The van der Waals surface area contributed by atoms with Crippen LogP contribution in [0.1, 0.15) is 15.9 Å². The molecule has 0 spiro atoms. The average molecular weight is 456 g/mol. The molecule has 2 aromatic heterocycles. The Morgan fingerprint density at radius 2 is 1.84 bits per heavy atom. The van der Waals surface area contributed by atoms with Crippen LogP contribution in [0.4, 0.5) is 5.82 Å². The number of fused-ring (bicyclic) bond motifs is 1. The van der Waals surface area contributed by atoms with Gasteiger partial charge in [-0.05, 0) is 42.0 Å². The van der Waals surface area contributed by atoms with E-state index in [0.29, 0.717) is 33.6 Å². The van der Waals surface area contributed by atoms with Crippen molar-refractivity contribution < 1.29 is 9.90 Å². The topological polar surface area (TPSA) is 91.5 Å². The van der Waals surface area contributed by atoms with Crippen molar-refractivity contribution in [3.63, 3.8) is 0 Å². The van der Waals surface area contributed by atoms with Crippen LogP contribution in [0.2, 0.25) is 10.0 Å². The van der Waals surface area contributed by atoms with Gasteiger partial charge in [-0.2, -0.15) is 0 Å². The van der Waals surface area contributed by atoms with Gasteiger partial charge < -0.3 is 15.7 Å². The first-order valence-corrected chi connectivity index (χ1v) is 10.3. The standard InChI is InChI=1S/C22H19Cl2N5O2/c23-17-6-1-14(11-18(17)24)12-26-20-7-8-21-27-13-19(29(21)28-20)15-2-4-16(5-3-15)22(31)25-9-10-30/h1-8,11,13,30H,9-10,12H2,(H,25,31)(H,26,28). The minimum Gasteiger partial charge on any atom is -0.395 e. The van der Waals surface area contributed by atoms with E-state index in [1.54, 1.807) is 28.9 Å². The van der Waals surface area contributed by atoms with E-state index in [2.05, 4.69) is 20.7 Å². The zero-order chi connectivity index (χ0) is 21.8. The Kier molecular flexibility index (Phi) is 6.36. The normalized spacial score (nSPS) is 10.9. The molecule has 0 saturated carbocycles. The second-order valence-electron chi connectivity index (χ2n) is 6.79. The highest BCUT2D eigenvalue weighted by atomic mass is 35.5. The summed E-state index contributed by atoms with van der Waals surface area (Å²) in [4.78, 5) is 16.4. The van der Waals surface area contributed by atoms with Crippen molar-refractivity contribution in [2.45, 2.75) is 6.54 Å². The SMILES string of the molecule is O=C(NCCO)c1ccc(-c2cnc3ccc(NCc4ccc(Cl)c(Cl)c4)nn23)cc1. The summed E-state index contributed by atoms with van der Waals surface area (Å²) in [6.45, 7) is 0.658. The average Bonchev–Trinajstić information content (AvgIpc) is 3.21. The second kappa shape index (κ2) is 9.34. The van der Waals surface area contributed by atoms with Crippen LogP contribution < -0.4 is 10.6 Å². The first-order chi connectivity index (χ1) is 15.0. The zero-order valence-corrected chi connectivity index (χ0v) is 17.9. The van der Waals surface area contributed by atoms with Crippen molar-refractivity contribution >= 4 is 40.6 Å². The van der Waals surface area contributed by atoms with Gasteiger partial charge in [0.25, 0.3) is 5.91 Å². The third-order valence-corrected chi connectivity index (χ3v) is 5.40. The summed E-state index contributed by atoms with van der Waals surface area (Å²) in [6.07, 6.45) is 1.74. The first-order valence-electron chi connectivity index (χ1n) is 9.57. The predicted octanol–water partition coefficient (Wildman–Crippen LogP) is 4.04. The lowest BCUT2D eigenvalue weighted by Crippen LogP contribution is -2.26. The van der Waals surface area contributed by atoms with Crippen LogP contribution in [-0.2, 0) is 6.54 Å². The lowest BCUT2D eigenvalue weighted by atomic mass is 10.1. The fraction of sp³-hybridized carbons (Fsp3) is 0.136. The minimum absolute atomic E-state index is 0.0985. The molecule has 0 unspecified atom stereocenters. The second-order valence-corrected chi connectivity index (χ2v) is 7.61. The summed E-state index contributed by atoms with van der Waals surface area (Å²) in [5.41, 5.74) is 3.89. The summed E-state index contributed by atoms with van der Waals surface area (Å²) in [6, 6.07) is 16.4. The summed E-state index contributed by atoms with van der Waals surface area (Å²) in [5.74, 6) is 0.448. The van der Waals surface area contributed by atoms with Gasteiger partial charge in [-0.3, -0.25) is 4.79 Å².